The smallest absolute Gasteiger partial charge is 0.251 e. The summed E-state index contributed by atoms with van der Waals surface area (Å²) in [4.78, 5) is 22.8. The standard InChI is InChI=1S/C12H18N4O2/c1-12(2,11(14)18)16-9-6-7(10(17)15-3)4-5-8(9)13/h4-6,16H,13H2,1-3H3,(H2,14,18)(H,15,17). The first-order valence-corrected chi connectivity index (χ1v) is 5.47. The molecule has 6 N–H and O–H groups in total. The number of carbonyl (C=O) groups is 2. The SMILES string of the molecule is CNC(=O)c1ccc(N)c(NC(C)(C)C(N)=O)c1. The Labute approximate surface area is 106 Å². The first-order valence-electron chi connectivity index (χ1n) is 5.47. The molecule has 1 aromatic carbocycles. The summed E-state index contributed by atoms with van der Waals surface area (Å²) in [6, 6.07) is 4.79. The van der Waals surface area contributed by atoms with Gasteiger partial charge in [0.1, 0.15) is 5.54 Å². The van der Waals surface area contributed by atoms with Crippen LogP contribution in [0.3, 0.4) is 0 Å². The van der Waals surface area contributed by atoms with Gasteiger partial charge in [-0.3, -0.25) is 9.59 Å². The van der Waals surface area contributed by atoms with E-state index in [2.05, 4.69) is 10.6 Å². The number of nitrogens with two attached hydrogens (primary N) is 2. The van der Waals surface area contributed by atoms with Gasteiger partial charge >= 0.3 is 0 Å². The summed E-state index contributed by atoms with van der Waals surface area (Å²) in [7, 11) is 1.54. The average Bonchev–Trinajstić information content (AvgIpc) is 2.30. The third-order valence-corrected chi connectivity index (χ3v) is 2.61. The Bertz CT molecular complexity index is 483. The lowest BCUT2D eigenvalue weighted by atomic mass is 10.0. The predicted octanol–water partition coefficient (Wildman–Crippen LogP) is 0.304. The summed E-state index contributed by atoms with van der Waals surface area (Å²) in [6.45, 7) is 3.28. The van der Waals surface area contributed by atoms with Crippen molar-refractivity contribution in [2.75, 3.05) is 18.1 Å². The van der Waals surface area contributed by atoms with E-state index in [9.17, 15) is 9.59 Å². The normalized spacial score (nSPS) is 10.8. The van der Waals surface area contributed by atoms with Gasteiger partial charge in [-0.05, 0) is 32.0 Å². The molecule has 6 heteroatoms. The summed E-state index contributed by atoms with van der Waals surface area (Å²) in [6.07, 6.45) is 0. The zero-order valence-corrected chi connectivity index (χ0v) is 10.7. The molecule has 0 bridgehead atoms. The van der Waals surface area contributed by atoms with Crippen molar-refractivity contribution in [3.63, 3.8) is 0 Å². The highest BCUT2D eigenvalue weighted by Gasteiger charge is 2.25. The van der Waals surface area contributed by atoms with E-state index in [0.29, 0.717) is 16.9 Å². The molecule has 0 spiro atoms. The van der Waals surface area contributed by atoms with Gasteiger partial charge in [0.05, 0.1) is 11.4 Å². The number of anilines is 2. The molecule has 0 heterocycles. The second kappa shape index (κ2) is 4.95. The molecule has 0 aliphatic heterocycles. The number of benzene rings is 1. The van der Waals surface area contributed by atoms with Crippen molar-refractivity contribution < 1.29 is 9.59 Å². The quantitative estimate of drug-likeness (QED) is 0.576. The highest BCUT2D eigenvalue weighted by molar-refractivity contribution is 5.96. The van der Waals surface area contributed by atoms with E-state index in [1.807, 2.05) is 0 Å². The van der Waals surface area contributed by atoms with E-state index in [1.165, 1.54) is 0 Å². The van der Waals surface area contributed by atoms with E-state index in [4.69, 9.17) is 11.5 Å². The highest BCUT2D eigenvalue weighted by atomic mass is 16.2. The lowest BCUT2D eigenvalue weighted by Gasteiger charge is -2.24. The second-order valence-electron chi connectivity index (χ2n) is 4.50. The monoisotopic (exact) mass is 250 g/mol. The van der Waals surface area contributed by atoms with Crippen molar-refractivity contribution in [3.05, 3.63) is 23.8 Å². The van der Waals surface area contributed by atoms with Crippen LogP contribution in [0.2, 0.25) is 0 Å². The maximum absolute atomic E-state index is 11.5. The van der Waals surface area contributed by atoms with Crippen LogP contribution in [0.4, 0.5) is 11.4 Å². The molecule has 0 atom stereocenters. The van der Waals surface area contributed by atoms with Crippen molar-refractivity contribution in [2.45, 2.75) is 19.4 Å². The Morgan fingerprint density at radius 2 is 1.89 bits per heavy atom. The van der Waals surface area contributed by atoms with Gasteiger partial charge in [0.2, 0.25) is 5.91 Å². The van der Waals surface area contributed by atoms with E-state index >= 15 is 0 Å². The first kappa shape index (κ1) is 13.8. The number of nitrogen functional groups attached to an aromatic ring is 1. The molecule has 0 unspecified atom stereocenters. The van der Waals surface area contributed by atoms with Crippen LogP contribution in [0.15, 0.2) is 18.2 Å². The van der Waals surface area contributed by atoms with Crippen LogP contribution in [0, 0.1) is 0 Å². The minimum Gasteiger partial charge on any atom is -0.397 e. The Morgan fingerprint density at radius 3 is 2.39 bits per heavy atom. The maximum Gasteiger partial charge on any atom is 0.251 e. The Hall–Kier alpha value is -2.24. The zero-order chi connectivity index (χ0) is 13.9. The van der Waals surface area contributed by atoms with Crippen LogP contribution in [-0.2, 0) is 4.79 Å². The second-order valence-corrected chi connectivity index (χ2v) is 4.50. The molecule has 0 aliphatic carbocycles. The molecular formula is C12H18N4O2. The van der Waals surface area contributed by atoms with Gasteiger partial charge in [0, 0.05) is 12.6 Å². The minimum absolute atomic E-state index is 0.227. The number of rotatable bonds is 4. The maximum atomic E-state index is 11.5. The molecule has 0 fully saturated rings. The van der Waals surface area contributed by atoms with Gasteiger partial charge in [0.25, 0.3) is 5.91 Å². The van der Waals surface area contributed by atoms with Crippen LogP contribution in [-0.4, -0.2) is 24.4 Å². The van der Waals surface area contributed by atoms with Crippen molar-refractivity contribution >= 4 is 23.2 Å². The minimum atomic E-state index is -0.949. The number of primary amides is 1. The zero-order valence-electron chi connectivity index (χ0n) is 10.7. The van der Waals surface area contributed by atoms with Gasteiger partial charge in [-0.15, -0.1) is 0 Å². The number of amides is 2. The first-order chi connectivity index (χ1) is 8.27. The van der Waals surface area contributed by atoms with Gasteiger partial charge in [-0.25, -0.2) is 0 Å². The molecule has 1 rings (SSSR count). The number of hydrogen-bond acceptors (Lipinski definition) is 4. The number of carbonyl (C=O) groups excluding carboxylic acids is 2. The van der Waals surface area contributed by atoms with Crippen molar-refractivity contribution in [2.24, 2.45) is 5.73 Å². The van der Waals surface area contributed by atoms with Crippen LogP contribution in [0.25, 0.3) is 0 Å². The molecule has 2 amide bonds. The predicted molar refractivity (Wildman–Crippen MR) is 71.1 cm³/mol. The fourth-order valence-corrected chi connectivity index (χ4v) is 1.35. The lowest BCUT2D eigenvalue weighted by molar-refractivity contribution is -0.121. The summed E-state index contributed by atoms with van der Waals surface area (Å²) in [5.74, 6) is -0.734. The lowest BCUT2D eigenvalue weighted by Crippen LogP contribution is -2.45. The molecular weight excluding hydrogens is 232 g/mol. The summed E-state index contributed by atoms with van der Waals surface area (Å²) in [5, 5.41) is 5.44. The summed E-state index contributed by atoms with van der Waals surface area (Å²) >= 11 is 0. The molecule has 18 heavy (non-hydrogen) atoms. The van der Waals surface area contributed by atoms with Crippen molar-refractivity contribution in [3.8, 4) is 0 Å². The van der Waals surface area contributed by atoms with Crippen LogP contribution >= 0.6 is 0 Å². The van der Waals surface area contributed by atoms with Gasteiger partial charge in [0.15, 0.2) is 0 Å². The molecule has 0 saturated heterocycles. The molecule has 1 aromatic rings. The van der Waals surface area contributed by atoms with Crippen LogP contribution in [0.5, 0.6) is 0 Å². The van der Waals surface area contributed by atoms with E-state index < -0.39 is 11.4 Å². The third kappa shape index (κ3) is 2.91. The van der Waals surface area contributed by atoms with E-state index in [-0.39, 0.29) is 5.91 Å². The van der Waals surface area contributed by atoms with E-state index in [0.717, 1.165) is 0 Å². The van der Waals surface area contributed by atoms with E-state index in [1.54, 1.807) is 39.1 Å². The Kier molecular flexibility index (Phi) is 3.80. The number of nitrogens with one attached hydrogen (secondary N) is 2. The fraction of sp³-hybridized carbons (Fsp3) is 0.333. The summed E-state index contributed by atoms with van der Waals surface area (Å²) in [5.41, 5.74) is 11.5. The Balaban J connectivity index is 3.09. The molecule has 6 nitrogen and oxygen atoms in total. The summed E-state index contributed by atoms with van der Waals surface area (Å²) < 4.78 is 0. The topological polar surface area (TPSA) is 110 Å². The molecule has 0 radical (unpaired) electrons. The van der Waals surface area contributed by atoms with Gasteiger partial charge in [-0.2, -0.15) is 0 Å². The number of hydrogen-bond donors (Lipinski definition) is 4. The van der Waals surface area contributed by atoms with Gasteiger partial charge < -0.3 is 22.1 Å². The Morgan fingerprint density at radius 1 is 1.28 bits per heavy atom. The average molecular weight is 250 g/mol. The molecule has 0 saturated carbocycles. The van der Waals surface area contributed by atoms with Gasteiger partial charge in [-0.1, -0.05) is 0 Å². The van der Waals surface area contributed by atoms with Crippen molar-refractivity contribution in [1.82, 2.24) is 5.32 Å². The van der Waals surface area contributed by atoms with Crippen LogP contribution < -0.4 is 22.1 Å². The molecule has 0 aliphatic rings. The highest BCUT2D eigenvalue weighted by Crippen LogP contribution is 2.23. The van der Waals surface area contributed by atoms with Crippen molar-refractivity contribution in [1.29, 1.82) is 0 Å². The third-order valence-electron chi connectivity index (χ3n) is 2.61. The molecule has 0 aromatic heterocycles. The molecule has 98 valence electrons. The largest absolute Gasteiger partial charge is 0.397 e. The van der Waals surface area contributed by atoms with Crippen LogP contribution in [0.1, 0.15) is 24.2 Å². The fourth-order valence-electron chi connectivity index (χ4n) is 1.35.